The molecule has 2 saturated heterocycles. The highest BCUT2D eigenvalue weighted by atomic mass is 32.2. The first-order valence-corrected chi connectivity index (χ1v) is 9.22. The molecule has 2 aliphatic heterocycles. The molecule has 6 heteroatoms. The van der Waals surface area contributed by atoms with Crippen LogP contribution in [0.2, 0.25) is 0 Å². The molecule has 5 nitrogen and oxygen atoms in total. The average Bonchev–Trinajstić information content (AvgIpc) is 3.01. The van der Waals surface area contributed by atoms with Gasteiger partial charge in [-0.1, -0.05) is 12.8 Å². The summed E-state index contributed by atoms with van der Waals surface area (Å²) in [6.07, 6.45) is 6.91. The normalized spacial score (nSPS) is 37.0. The Morgan fingerprint density at radius 3 is 2.68 bits per heavy atom. The van der Waals surface area contributed by atoms with Gasteiger partial charge in [0.15, 0.2) is 0 Å². The van der Waals surface area contributed by atoms with Crippen molar-refractivity contribution in [1.29, 1.82) is 0 Å². The lowest BCUT2D eigenvalue weighted by Gasteiger charge is -2.25. The lowest BCUT2D eigenvalue weighted by molar-refractivity contribution is 0.0875. The highest BCUT2D eigenvalue weighted by Crippen LogP contribution is 2.37. The largest absolute Gasteiger partial charge is 0.376 e. The molecule has 3 aliphatic rings. The molecule has 2 heterocycles. The maximum atomic E-state index is 11.2. The van der Waals surface area contributed by atoms with Crippen LogP contribution in [-0.4, -0.2) is 58.0 Å². The van der Waals surface area contributed by atoms with Crippen molar-refractivity contribution in [3.05, 3.63) is 0 Å². The smallest absolute Gasteiger partial charge is 0.208 e. The van der Waals surface area contributed by atoms with Crippen molar-refractivity contribution in [3.63, 3.8) is 0 Å². The molecule has 3 atom stereocenters. The second kappa shape index (κ2) is 5.31. The number of hydrogen-bond donors (Lipinski definition) is 1. The van der Waals surface area contributed by atoms with Crippen LogP contribution >= 0.6 is 0 Å². The SMILES string of the molecule is CS(=O)(=O)NC[C@H]1CO[C@@H]2CN(C3CCCC3)C[C@H]12. The zero-order chi connectivity index (χ0) is 13.5. The number of hydrogen-bond acceptors (Lipinski definition) is 4. The third kappa shape index (κ3) is 3.12. The van der Waals surface area contributed by atoms with E-state index in [0.29, 0.717) is 31.1 Å². The van der Waals surface area contributed by atoms with Crippen LogP contribution < -0.4 is 4.72 Å². The highest BCUT2D eigenvalue weighted by Gasteiger charge is 2.45. The first-order chi connectivity index (χ1) is 9.03. The molecule has 110 valence electrons. The number of nitrogens with zero attached hydrogens (tertiary/aromatic N) is 1. The molecule has 3 fully saturated rings. The molecule has 19 heavy (non-hydrogen) atoms. The van der Waals surface area contributed by atoms with Gasteiger partial charge in [0.25, 0.3) is 0 Å². The molecule has 1 N–H and O–H groups in total. The number of sulfonamides is 1. The quantitative estimate of drug-likeness (QED) is 0.815. The summed E-state index contributed by atoms with van der Waals surface area (Å²) < 4.78 is 30.9. The summed E-state index contributed by atoms with van der Waals surface area (Å²) in [4.78, 5) is 2.58. The van der Waals surface area contributed by atoms with E-state index in [4.69, 9.17) is 4.74 Å². The van der Waals surface area contributed by atoms with Gasteiger partial charge in [-0.2, -0.15) is 0 Å². The summed E-state index contributed by atoms with van der Waals surface area (Å²) in [5.74, 6) is 0.848. The van der Waals surface area contributed by atoms with E-state index in [1.807, 2.05) is 0 Å². The molecule has 0 aromatic carbocycles. The second-order valence-electron chi connectivity index (χ2n) is 6.31. The van der Waals surface area contributed by atoms with E-state index in [0.717, 1.165) is 19.1 Å². The van der Waals surface area contributed by atoms with Crippen LogP contribution in [0.5, 0.6) is 0 Å². The van der Waals surface area contributed by atoms with Gasteiger partial charge in [-0.25, -0.2) is 13.1 Å². The summed E-state index contributed by atoms with van der Waals surface area (Å²) in [5, 5.41) is 0. The van der Waals surface area contributed by atoms with Crippen LogP contribution in [-0.2, 0) is 14.8 Å². The molecular weight excluding hydrogens is 264 g/mol. The van der Waals surface area contributed by atoms with Crippen LogP contribution in [0.3, 0.4) is 0 Å². The molecule has 1 saturated carbocycles. The van der Waals surface area contributed by atoms with Crippen LogP contribution in [0.1, 0.15) is 25.7 Å². The van der Waals surface area contributed by atoms with Crippen molar-refractivity contribution in [1.82, 2.24) is 9.62 Å². The van der Waals surface area contributed by atoms with E-state index in [1.54, 1.807) is 0 Å². The number of rotatable bonds is 4. The minimum absolute atomic E-state index is 0.326. The molecule has 0 unspecified atom stereocenters. The van der Waals surface area contributed by atoms with Gasteiger partial charge in [-0.05, 0) is 12.8 Å². The third-order valence-corrected chi connectivity index (χ3v) is 5.61. The van der Waals surface area contributed by atoms with E-state index >= 15 is 0 Å². The monoisotopic (exact) mass is 288 g/mol. The van der Waals surface area contributed by atoms with Crippen molar-refractivity contribution in [2.75, 3.05) is 32.5 Å². The Bertz CT molecular complexity index is 420. The minimum atomic E-state index is -3.09. The van der Waals surface area contributed by atoms with Gasteiger partial charge in [0.2, 0.25) is 10.0 Å². The van der Waals surface area contributed by atoms with Crippen molar-refractivity contribution in [2.45, 2.75) is 37.8 Å². The molecule has 0 spiro atoms. The Kier molecular flexibility index (Phi) is 3.86. The maximum Gasteiger partial charge on any atom is 0.208 e. The van der Waals surface area contributed by atoms with Crippen LogP contribution in [0.4, 0.5) is 0 Å². The van der Waals surface area contributed by atoms with Gasteiger partial charge in [-0.3, -0.25) is 4.90 Å². The van der Waals surface area contributed by atoms with Crippen molar-refractivity contribution in [2.24, 2.45) is 11.8 Å². The summed E-state index contributed by atoms with van der Waals surface area (Å²) in [5.41, 5.74) is 0. The van der Waals surface area contributed by atoms with Gasteiger partial charge in [0.05, 0.1) is 19.0 Å². The molecule has 3 rings (SSSR count). The minimum Gasteiger partial charge on any atom is -0.376 e. The summed E-state index contributed by atoms with van der Waals surface area (Å²) in [6.45, 7) is 3.37. The summed E-state index contributed by atoms with van der Waals surface area (Å²) in [6, 6.07) is 0.748. The second-order valence-corrected chi connectivity index (χ2v) is 8.14. The lowest BCUT2D eigenvalue weighted by atomic mass is 9.93. The van der Waals surface area contributed by atoms with Gasteiger partial charge < -0.3 is 4.74 Å². The molecule has 0 bridgehead atoms. The molecule has 0 amide bonds. The predicted octanol–water partition coefficient (Wildman–Crippen LogP) is 0.425. The van der Waals surface area contributed by atoms with Gasteiger partial charge in [0, 0.05) is 37.5 Å². The van der Waals surface area contributed by atoms with Crippen LogP contribution in [0.25, 0.3) is 0 Å². The average molecular weight is 288 g/mol. The number of nitrogens with one attached hydrogen (secondary N) is 1. The number of fused-ring (bicyclic) bond motifs is 1. The third-order valence-electron chi connectivity index (χ3n) is 4.92. The molecule has 0 radical (unpaired) electrons. The van der Waals surface area contributed by atoms with Crippen molar-refractivity contribution < 1.29 is 13.2 Å². The van der Waals surface area contributed by atoms with E-state index in [-0.39, 0.29) is 0 Å². The van der Waals surface area contributed by atoms with E-state index in [2.05, 4.69) is 9.62 Å². The van der Waals surface area contributed by atoms with E-state index in [9.17, 15) is 8.42 Å². The summed E-state index contributed by atoms with van der Waals surface area (Å²) >= 11 is 0. The van der Waals surface area contributed by atoms with Crippen LogP contribution in [0.15, 0.2) is 0 Å². The van der Waals surface area contributed by atoms with Gasteiger partial charge >= 0.3 is 0 Å². The van der Waals surface area contributed by atoms with Crippen LogP contribution in [0, 0.1) is 11.8 Å². The fraction of sp³-hybridized carbons (Fsp3) is 1.00. The first-order valence-electron chi connectivity index (χ1n) is 7.33. The van der Waals surface area contributed by atoms with Crippen molar-refractivity contribution >= 4 is 10.0 Å². The Balaban J connectivity index is 1.56. The Morgan fingerprint density at radius 2 is 2.00 bits per heavy atom. The van der Waals surface area contributed by atoms with E-state index < -0.39 is 10.0 Å². The highest BCUT2D eigenvalue weighted by molar-refractivity contribution is 7.88. The zero-order valence-corrected chi connectivity index (χ0v) is 12.4. The fourth-order valence-corrected chi connectivity index (χ4v) is 4.38. The molecular formula is C13H24N2O3S. The zero-order valence-electron chi connectivity index (χ0n) is 11.5. The number of ether oxygens (including phenoxy) is 1. The van der Waals surface area contributed by atoms with Crippen molar-refractivity contribution in [3.8, 4) is 0 Å². The first kappa shape index (κ1) is 13.8. The lowest BCUT2D eigenvalue weighted by Crippen LogP contribution is -2.35. The van der Waals surface area contributed by atoms with Gasteiger partial charge in [-0.15, -0.1) is 0 Å². The molecule has 1 aliphatic carbocycles. The Labute approximate surface area is 115 Å². The summed E-state index contributed by atoms with van der Waals surface area (Å²) in [7, 11) is -3.09. The maximum absolute atomic E-state index is 11.2. The fourth-order valence-electron chi connectivity index (χ4n) is 3.87. The standard InChI is InChI=1S/C13H24N2O3S/c1-19(16,17)14-6-10-9-18-13-8-15(7-12(10)13)11-4-2-3-5-11/h10-14H,2-9H2,1H3/t10-,12+,13+/m0/s1. The predicted molar refractivity (Wildman–Crippen MR) is 73.4 cm³/mol. The topological polar surface area (TPSA) is 58.6 Å². The van der Waals surface area contributed by atoms with Gasteiger partial charge in [0.1, 0.15) is 0 Å². The Morgan fingerprint density at radius 1 is 1.26 bits per heavy atom. The Hall–Kier alpha value is -0.170. The molecule has 0 aromatic heterocycles. The molecule has 0 aromatic rings. The number of likely N-dealkylation sites (tertiary alicyclic amines) is 1. The van der Waals surface area contributed by atoms with E-state index in [1.165, 1.54) is 31.9 Å².